The first kappa shape index (κ1) is 19.5. The maximum absolute atomic E-state index is 13.2. The predicted octanol–water partition coefficient (Wildman–Crippen LogP) is 5.14. The van der Waals surface area contributed by atoms with Crippen LogP contribution in [0.2, 0.25) is 0 Å². The summed E-state index contributed by atoms with van der Waals surface area (Å²) in [5, 5.41) is 5.50. The summed E-state index contributed by atoms with van der Waals surface area (Å²) in [6, 6.07) is 7.19. The number of alkyl halides is 3. The number of hydrogen-bond donors (Lipinski definition) is 1. The molecule has 1 saturated heterocycles. The highest BCUT2D eigenvalue weighted by Crippen LogP contribution is 2.37. The van der Waals surface area contributed by atoms with Gasteiger partial charge in [0.05, 0.1) is 23.1 Å². The highest BCUT2D eigenvalue weighted by Gasteiger charge is 2.34. The number of anilines is 1. The summed E-state index contributed by atoms with van der Waals surface area (Å²) in [5.74, 6) is -0.0579. The summed E-state index contributed by atoms with van der Waals surface area (Å²) in [6.45, 7) is 1.19. The molecule has 9 heteroatoms. The van der Waals surface area contributed by atoms with Crippen molar-refractivity contribution in [1.82, 2.24) is 9.88 Å². The van der Waals surface area contributed by atoms with Crippen molar-refractivity contribution >= 4 is 22.4 Å². The second-order valence-corrected chi connectivity index (χ2v) is 7.66. The number of aromatic nitrogens is 1. The molecule has 2 aromatic heterocycles. The number of piperidine rings is 1. The van der Waals surface area contributed by atoms with Crippen molar-refractivity contribution in [2.45, 2.75) is 25.1 Å². The Kier molecular flexibility index (Phi) is 5.31. The lowest BCUT2D eigenvalue weighted by Gasteiger charge is -2.32. The minimum atomic E-state index is -4.43. The van der Waals surface area contributed by atoms with Crippen molar-refractivity contribution in [3.8, 4) is 11.3 Å². The van der Waals surface area contributed by atoms with Crippen LogP contribution in [-0.4, -0.2) is 34.9 Å². The van der Waals surface area contributed by atoms with Crippen molar-refractivity contribution in [1.29, 1.82) is 0 Å². The zero-order chi connectivity index (χ0) is 20.4. The highest BCUT2D eigenvalue weighted by molar-refractivity contribution is 7.14. The number of thiazole rings is 1. The van der Waals surface area contributed by atoms with Gasteiger partial charge in [0.15, 0.2) is 5.13 Å². The number of furan rings is 1. The average molecular weight is 421 g/mol. The fourth-order valence-electron chi connectivity index (χ4n) is 3.39. The van der Waals surface area contributed by atoms with Crippen LogP contribution in [0.3, 0.4) is 0 Å². The fourth-order valence-corrected chi connectivity index (χ4v) is 4.18. The third-order valence-corrected chi connectivity index (χ3v) is 5.66. The van der Waals surface area contributed by atoms with Gasteiger partial charge in [0.25, 0.3) is 5.91 Å². The number of carbonyl (C=O) groups is 1. The van der Waals surface area contributed by atoms with Crippen LogP contribution in [0.1, 0.15) is 28.8 Å². The number of rotatable bonds is 4. The number of hydrogen-bond acceptors (Lipinski definition) is 5. The van der Waals surface area contributed by atoms with Crippen molar-refractivity contribution in [2.24, 2.45) is 0 Å². The Labute approximate surface area is 169 Å². The van der Waals surface area contributed by atoms with E-state index in [-0.39, 0.29) is 17.5 Å². The second kappa shape index (κ2) is 7.90. The summed E-state index contributed by atoms with van der Waals surface area (Å²) >= 11 is 1.28. The molecule has 152 valence electrons. The molecule has 1 amide bonds. The van der Waals surface area contributed by atoms with Crippen molar-refractivity contribution < 1.29 is 22.4 Å². The molecule has 0 radical (unpaired) electrons. The Morgan fingerprint density at radius 3 is 2.66 bits per heavy atom. The van der Waals surface area contributed by atoms with E-state index in [1.165, 1.54) is 36.0 Å². The Balaban J connectivity index is 1.39. The Bertz CT molecular complexity index is 977. The van der Waals surface area contributed by atoms with Crippen LogP contribution in [0.4, 0.5) is 18.3 Å². The van der Waals surface area contributed by atoms with E-state index in [1.807, 2.05) is 0 Å². The van der Waals surface area contributed by atoms with E-state index in [0.717, 1.165) is 18.9 Å². The summed E-state index contributed by atoms with van der Waals surface area (Å²) in [5.41, 5.74) is 0.218. The van der Waals surface area contributed by atoms with Crippen LogP contribution in [-0.2, 0) is 6.18 Å². The molecule has 3 aromatic rings. The largest absolute Gasteiger partial charge is 0.472 e. The molecule has 0 saturated carbocycles. The van der Waals surface area contributed by atoms with Gasteiger partial charge in [-0.1, -0.05) is 18.2 Å². The van der Waals surface area contributed by atoms with Gasteiger partial charge in [-0.3, -0.25) is 4.79 Å². The van der Waals surface area contributed by atoms with Crippen LogP contribution < -0.4 is 5.32 Å². The number of nitrogens with one attached hydrogen (secondary N) is 1. The van der Waals surface area contributed by atoms with Gasteiger partial charge in [-0.15, -0.1) is 11.3 Å². The molecular formula is C20H18F3N3O2S. The predicted molar refractivity (Wildman–Crippen MR) is 104 cm³/mol. The molecule has 0 aliphatic carbocycles. The van der Waals surface area contributed by atoms with E-state index in [0.29, 0.717) is 29.5 Å². The van der Waals surface area contributed by atoms with E-state index in [1.54, 1.807) is 22.4 Å². The fraction of sp³-hybridized carbons (Fsp3) is 0.300. The minimum Gasteiger partial charge on any atom is -0.472 e. The van der Waals surface area contributed by atoms with Crippen LogP contribution in [0.5, 0.6) is 0 Å². The summed E-state index contributed by atoms with van der Waals surface area (Å²) < 4.78 is 44.7. The minimum absolute atomic E-state index is 0.0579. The molecule has 5 nitrogen and oxygen atoms in total. The van der Waals surface area contributed by atoms with Crippen LogP contribution in [0.15, 0.2) is 52.7 Å². The first-order valence-corrected chi connectivity index (χ1v) is 10.00. The molecule has 1 N–H and O–H groups in total. The molecule has 0 unspecified atom stereocenters. The average Bonchev–Trinajstić information content (AvgIpc) is 3.40. The first-order valence-electron chi connectivity index (χ1n) is 9.12. The smallest absolute Gasteiger partial charge is 0.417 e. The number of likely N-dealkylation sites (tertiary alicyclic amines) is 1. The standard InChI is InChI=1S/C20H18F3N3O2S/c21-20(22,23)16-4-2-1-3-15(16)17-12-29-19(25-17)24-14-5-8-26(9-6-14)18(27)13-7-10-28-11-13/h1-4,7,10-12,14H,5-6,8-9H2,(H,24,25). The zero-order valence-electron chi connectivity index (χ0n) is 15.3. The van der Waals surface area contributed by atoms with Gasteiger partial charge in [0, 0.05) is 30.1 Å². The van der Waals surface area contributed by atoms with Crippen LogP contribution in [0, 0.1) is 0 Å². The van der Waals surface area contributed by atoms with Crippen LogP contribution in [0.25, 0.3) is 11.3 Å². The lowest BCUT2D eigenvalue weighted by Crippen LogP contribution is -2.42. The molecule has 1 aliphatic heterocycles. The molecular weight excluding hydrogens is 403 g/mol. The summed E-state index contributed by atoms with van der Waals surface area (Å²) in [6.07, 6.45) is -0.0570. The van der Waals surface area contributed by atoms with E-state index in [2.05, 4.69) is 10.3 Å². The SMILES string of the molecule is O=C(c1ccoc1)N1CCC(Nc2nc(-c3ccccc3C(F)(F)F)cs2)CC1. The first-order chi connectivity index (χ1) is 13.9. The van der Waals surface area contributed by atoms with Crippen molar-refractivity contribution in [2.75, 3.05) is 18.4 Å². The molecule has 29 heavy (non-hydrogen) atoms. The maximum Gasteiger partial charge on any atom is 0.417 e. The van der Waals surface area contributed by atoms with Gasteiger partial charge >= 0.3 is 6.18 Å². The quantitative estimate of drug-likeness (QED) is 0.634. The Morgan fingerprint density at radius 2 is 1.97 bits per heavy atom. The van der Waals surface area contributed by atoms with Crippen LogP contribution >= 0.6 is 11.3 Å². The molecule has 0 bridgehead atoms. The molecule has 1 aromatic carbocycles. The van der Waals surface area contributed by atoms with Gasteiger partial charge in [0.1, 0.15) is 6.26 Å². The molecule has 0 spiro atoms. The van der Waals surface area contributed by atoms with Gasteiger partial charge < -0.3 is 14.6 Å². The zero-order valence-corrected chi connectivity index (χ0v) is 16.1. The Hall–Kier alpha value is -2.81. The topological polar surface area (TPSA) is 58.4 Å². The number of amides is 1. The number of nitrogens with zero attached hydrogens (tertiary/aromatic N) is 2. The third kappa shape index (κ3) is 4.29. The summed E-state index contributed by atoms with van der Waals surface area (Å²) in [7, 11) is 0. The number of halogens is 3. The molecule has 1 aliphatic rings. The van der Waals surface area contributed by atoms with E-state index in [9.17, 15) is 18.0 Å². The molecule has 4 rings (SSSR count). The van der Waals surface area contributed by atoms with E-state index in [4.69, 9.17) is 4.42 Å². The van der Waals surface area contributed by atoms with Gasteiger partial charge in [-0.25, -0.2) is 4.98 Å². The summed E-state index contributed by atoms with van der Waals surface area (Å²) in [4.78, 5) is 18.5. The van der Waals surface area contributed by atoms with Gasteiger partial charge in [0.2, 0.25) is 0 Å². The van der Waals surface area contributed by atoms with Crippen molar-refractivity contribution in [3.05, 3.63) is 59.4 Å². The highest BCUT2D eigenvalue weighted by atomic mass is 32.1. The van der Waals surface area contributed by atoms with E-state index >= 15 is 0 Å². The molecule has 1 fully saturated rings. The monoisotopic (exact) mass is 421 g/mol. The number of carbonyl (C=O) groups excluding carboxylic acids is 1. The lowest BCUT2D eigenvalue weighted by molar-refractivity contribution is -0.137. The Morgan fingerprint density at radius 1 is 1.21 bits per heavy atom. The number of benzene rings is 1. The van der Waals surface area contributed by atoms with Crippen molar-refractivity contribution in [3.63, 3.8) is 0 Å². The van der Waals surface area contributed by atoms with Gasteiger partial charge in [-0.05, 0) is 25.0 Å². The lowest BCUT2D eigenvalue weighted by atomic mass is 10.0. The van der Waals surface area contributed by atoms with E-state index < -0.39 is 11.7 Å². The van der Waals surface area contributed by atoms with Gasteiger partial charge in [-0.2, -0.15) is 13.2 Å². The molecule has 0 atom stereocenters. The maximum atomic E-state index is 13.2. The second-order valence-electron chi connectivity index (χ2n) is 6.80. The third-order valence-electron chi connectivity index (χ3n) is 4.89. The normalized spacial score (nSPS) is 15.5. The molecule has 3 heterocycles.